The fourth-order valence-corrected chi connectivity index (χ4v) is 2.62. The van der Waals surface area contributed by atoms with Crippen molar-refractivity contribution in [2.45, 2.75) is 18.8 Å². The predicted octanol–water partition coefficient (Wildman–Crippen LogP) is 2.78. The normalized spacial score (nSPS) is 13.7. The topological polar surface area (TPSA) is 84.2 Å². The maximum Gasteiger partial charge on any atom is 0.305 e. The molecule has 0 atom stereocenters. The molecule has 2 amide bonds. The third kappa shape index (κ3) is 2.74. The van der Waals surface area contributed by atoms with Crippen LogP contribution in [0.25, 0.3) is 10.9 Å². The van der Waals surface area contributed by atoms with Crippen LogP contribution in [0.1, 0.15) is 45.4 Å². The minimum absolute atomic E-state index is 0.133. The van der Waals surface area contributed by atoms with Gasteiger partial charge in [-0.1, -0.05) is 18.2 Å². The number of para-hydroxylation sites is 1. The quantitative estimate of drug-likeness (QED) is 0.727. The summed E-state index contributed by atoms with van der Waals surface area (Å²) in [5, 5.41) is 0.756. The van der Waals surface area contributed by atoms with Crippen LogP contribution >= 0.6 is 0 Å². The number of carbonyl (C=O) groups excluding carboxylic acids is 2. The van der Waals surface area contributed by atoms with Crippen LogP contribution in [0.4, 0.5) is 0 Å². The summed E-state index contributed by atoms with van der Waals surface area (Å²) in [4.78, 5) is 29.0. The molecule has 120 valence electrons. The van der Waals surface area contributed by atoms with Gasteiger partial charge in [-0.25, -0.2) is 0 Å². The Labute approximate surface area is 137 Å². The van der Waals surface area contributed by atoms with Gasteiger partial charge in [-0.2, -0.15) is 0 Å². The van der Waals surface area contributed by atoms with Gasteiger partial charge in [0.05, 0.1) is 17.3 Å². The minimum atomic E-state index is -0.505. The van der Waals surface area contributed by atoms with Gasteiger partial charge >= 0.3 is 5.91 Å². The Morgan fingerprint density at radius 3 is 2.58 bits per heavy atom. The molecule has 0 unspecified atom stereocenters. The van der Waals surface area contributed by atoms with Crippen LogP contribution in [0.3, 0.4) is 0 Å². The second kappa shape index (κ2) is 5.81. The van der Waals surface area contributed by atoms with Gasteiger partial charge < -0.3 is 4.42 Å². The van der Waals surface area contributed by atoms with E-state index in [1.165, 1.54) is 12.3 Å². The molecule has 0 aliphatic heterocycles. The number of hydrogen-bond donors (Lipinski definition) is 2. The summed E-state index contributed by atoms with van der Waals surface area (Å²) in [6.45, 7) is 0. The number of pyridine rings is 1. The highest BCUT2D eigenvalue weighted by molar-refractivity contribution is 6.07. The van der Waals surface area contributed by atoms with E-state index in [-0.39, 0.29) is 11.7 Å². The van der Waals surface area contributed by atoms with E-state index in [4.69, 9.17) is 4.42 Å². The fourth-order valence-electron chi connectivity index (χ4n) is 2.62. The van der Waals surface area contributed by atoms with Crippen LogP contribution < -0.4 is 10.9 Å². The molecular weight excluding hydrogens is 306 g/mol. The lowest BCUT2D eigenvalue weighted by atomic mass is 10.1. The smallest absolute Gasteiger partial charge is 0.305 e. The van der Waals surface area contributed by atoms with E-state index in [2.05, 4.69) is 15.8 Å². The zero-order valence-corrected chi connectivity index (χ0v) is 12.8. The Morgan fingerprint density at radius 2 is 1.83 bits per heavy atom. The van der Waals surface area contributed by atoms with Crippen molar-refractivity contribution in [3.8, 4) is 0 Å². The van der Waals surface area contributed by atoms with Gasteiger partial charge in [0.1, 0.15) is 0 Å². The first-order chi connectivity index (χ1) is 11.7. The summed E-state index contributed by atoms with van der Waals surface area (Å²) >= 11 is 0. The van der Waals surface area contributed by atoms with Gasteiger partial charge in [0, 0.05) is 17.0 Å². The highest BCUT2D eigenvalue weighted by Gasteiger charge is 2.27. The van der Waals surface area contributed by atoms with Gasteiger partial charge in [-0.3, -0.25) is 25.4 Å². The third-order valence-electron chi connectivity index (χ3n) is 4.01. The number of carbonyl (C=O) groups is 2. The number of amides is 2. The maximum absolute atomic E-state index is 12.5. The zero-order valence-electron chi connectivity index (χ0n) is 12.8. The monoisotopic (exact) mass is 321 g/mol. The first-order valence-corrected chi connectivity index (χ1v) is 7.76. The predicted molar refractivity (Wildman–Crippen MR) is 87.4 cm³/mol. The van der Waals surface area contributed by atoms with Crippen molar-refractivity contribution < 1.29 is 14.0 Å². The number of hydrazine groups is 1. The van der Waals surface area contributed by atoms with Crippen molar-refractivity contribution in [2.75, 3.05) is 0 Å². The van der Waals surface area contributed by atoms with Gasteiger partial charge in [0.15, 0.2) is 5.76 Å². The Kier molecular flexibility index (Phi) is 3.49. The van der Waals surface area contributed by atoms with E-state index in [1.54, 1.807) is 6.07 Å². The number of fused-ring (bicyclic) bond motifs is 1. The molecule has 6 nitrogen and oxygen atoms in total. The number of furan rings is 1. The second-order valence-corrected chi connectivity index (χ2v) is 5.77. The van der Waals surface area contributed by atoms with E-state index in [0.29, 0.717) is 11.5 Å². The van der Waals surface area contributed by atoms with Crippen molar-refractivity contribution in [1.82, 2.24) is 15.8 Å². The van der Waals surface area contributed by atoms with E-state index in [0.717, 1.165) is 29.4 Å². The molecule has 0 saturated heterocycles. The molecule has 0 bridgehead atoms. The molecule has 0 radical (unpaired) electrons. The Morgan fingerprint density at radius 1 is 1.04 bits per heavy atom. The number of nitrogens with one attached hydrogen (secondary N) is 2. The van der Waals surface area contributed by atoms with E-state index < -0.39 is 5.91 Å². The molecule has 4 rings (SSSR count). The van der Waals surface area contributed by atoms with Crippen LogP contribution in [-0.2, 0) is 0 Å². The minimum Gasteiger partial charge on any atom is -0.459 e. The first-order valence-electron chi connectivity index (χ1n) is 7.76. The molecule has 6 heteroatoms. The van der Waals surface area contributed by atoms with Crippen LogP contribution in [-0.4, -0.2) is 16.8 Å². The number of nitrogens with zero attached hydrogens (tertiary/aromatic N) is 1. The van der Waals surface area contributed by atoms with Crippen LogP contribution in [0.15, 0.2) is 53.1 Å². The number of aromatic nitrogens is 1. The molecule has 1 aliphatic rings. The van der Waals surface area contributed by atoms with Crippen molar-refractivity contribution in [1.29, 1.82) is 0 Å². The molecule has 24 heavy (non-hydrogen) atoms. The van der Waals surface area contributed by atoms with Crippen molar-refractivity contribution in [2.24, 2.45) is 0 Å². The molecule has 1 aromatic carbocycles. The number of benzene rings is 1. The third-order valence-corrected chi connectivity index (χ3v) is 4.01. The van der Waals surface area contributed by atoms with Crippen molar-refractivity contribution in [3.63, 3.8) is 0 Å². The van der Waals surface area contributed by atoms with Crippen molar-refractivity contribution >= 4 is 22.7 Å². The molecule has 2 N–H and O–H groups in total. The summed E-state index contributed by atoms with van der Waals surface area (Å²) in [6, 6.07) is 12.4. The SMILES string of the molecule is O=C(NNC(=O)c1cc(C2CC2)nc2ccccc12)c1ccco1. The molecule has 3 aromatic rings. The van der Waals surface area contributed by atoms with Crippen molar-refractivity contribution in [3.05, 3.63) is 65.7 Å². The van der Waals surface area contributed by atoms with Gasteiger partial charge in [0.25, 0.3) is 5.91 Å². The molecular formula is C18H15N3O3. The lowest BCUT2D eigenvalue weighted by Crippen LogP contribution is -2.41. The lowest BCUT2D eigenvalue weighted by Gasteiger charge is -2.10. The number of hydrogen-bond acceptors (Lipinski definition) is 4. The Bertz CT molecular complexity index is 914. The van der Waals surface area contributed by atoms with Gasteiger partial charge in [0.2, 0.25) is 0 Å². The first kappa shape index (κ1) is 14.4. The van der Waals surface area contributed by atoms with E-state index in [9.17, 15) is 9.59 Å². The average Bonchev–Trinajstić information content (AvgIpc) is 3.32. The molecule has 1 saturated carbocycles. The van der Waals surface area contributed by atoms with Gasteiger partial charge in [-0.05, 0) is 37.1 Å². The Hall–Kier alpha value is -3.15. The largest absolute Gasteiger partial charge is 0.459 e. The Balaban J connectivity index is 1.60. The van der Waals surface area contributed by atoms with Gasteiger partial charge in [-0.15, -0.1) is 0 Å². The lowest BCUT2D eigenvalue weighted by molar-refractivity contribution is 0.0831. The molecule has 2 aromatic heterocycles. The molecule has 2 heterocycles. The zero-order chi connectivity index (χ0) is 16.5. The average molecular weight is 321 g/mol. The molecule has 1 fully saturated rings. The van der Waals surface area contributed by atoms with E-state index >= 15 is 0 Å². The fraction of sp³-hybridized carbons (Fsp3) is 0.167. The summed E-state index contributed by atoms with van der Waals surface area (Å²) in [7, 11) is 0. The van der Waals surface area contributed by atoms with Crippen LogP contribution in [0.2, 0.25) is 0 Å². The number of rotatable bonds is 3. The maximum atomic E-state index is 12.5. The summed E-state index contributed by atoms with van der Waals surface area (Å²) in [5.74, 6) is -0.322. The highest BCUT2D eigenvalue weighted by atomic mass is 16.3. The standard InChI is InChI=1S/C18H15N3O3/c22-17(20-21-18(23)16-6-3-9-24-16)13-10-15(11-7-8-11)19-14-5-2-1-4-12(13)14/h1-6,9-11H,7-8H2,(H,20,22)(H,21,23). The summed E-state index contributed by atoms with van der Waals surface area (Å²) < 4.78 is 4.99. The summed E-state index contributed by atoms with van der Waals surface area (Å²) in [5.41, 5.74) is 7.01. The second-order valence-electron chi connectivity index (χ2n) is 5.77. The highest BCUT2D eigenvalue weighted by Crippen LogP contribution is 2.40. The molecule has 0 spiro atoms. The van der Waals surface area contributed by atoms with Crippen LogP contribution in [0, 0.1) is 0 Å². The summed E-state index contributed by atoms with van der Waals surface area (Å²) in [6.07, 6.45) is 3.60. The van der Waals surface area contributed by atoms with Crippen LogP contribution in [0.5, 0.6) is 0 Å². The molecule has 1 aliphatic carbocycles. The van der Waals surface area contributed by atoms with E-state index in [1.807, 2.05) is 30.3 Å².